The van der Waals surface area contributed by atoms with E-state index in [0.29, 0.717) is 17.6 Å². The van der Waals surface area contributed by atoms with Crippen LogP contribution in [0, 0.1) is 16.7 Å². The summed E-state index contributed by atoms with van der Waals surface area (Å²) in [5.41, 5.74) is 1.59. The molecule has 0 aliphatic carbocycles. The molecule has 9 nitrogen and oxygen atoms in total. The highest BCUT2D eigenvalue weighted by Gasteiger charge is 2.36. The number of H-pyrrole nitrogens is 1. The van der Waals surface area contributed by atoms with Gasteiger partial charge < -0.3 is 15.5 Å². The molecule has 0 fully saturated rings. The molecule has 0 spiro atoms. The summed E-state index contributed by atoms with van der Waals surface area (Å²) < 4.78 is 0. The molecule has 31 heavy (non-hydrogen) atoms. The van der Waals surface area contributed by atoms with E-state index >= 15 is 0 Å². The molecule has 0 radical (unpaired) electrons. The third-order valence-corrected chi connectivity index (χ3v) is 4.92. The highest BCUT2D eigenvalue weighted by molar-refractivity contribution is 5.92. The Balaban J connectivity index is 2.21. The second-order valence-electron chi connectivity index (χ2n) is 7.62. The maximum Gasteiger partial charge on any atom is 0.311 e. The zero-order chi connectivity index (χ0) is 23.0. The van der Waals surface area contributed by atoms with Crippen LogP contribution in [0.3, 0.4) is 0 Å². The Morgan fingerprint density at radius 2 is 2.06 bits per heavy atom. The molecule has 2 rings (SSSR count). The first kappa shape index (κ1) is 23.5. The molecule has 0 saturated heterocycles. The van der Waals surface area contributed by atoms with Gasteiger partial charge in [0, 0.05) is 11.6 Å². The number of hydrogen-bond donors (Lipinski definition) is 4. The van der Waals surface area contributed by atoms with Crippen LogP contribution in [0.25, 0.3) is 5.57 Å². The van der Waals surface area contributed by atoms with Crippen LogP contribution in [0.5, 0.6) is 0 Å². The van der Waals surface area contributed by atoms with Crippen LogP contribution in [0.1, 0.15) is 41.9 Å². The third-order valence-electron chi connectivity index (χ3n) is 4.92. The third kappa shape index (κ3) is 6.35. The molecule has 162 valence electrons. The smallest absolute Gasteiger partial charge is 0.311 e. The van der Waals surface area contributed by atoms with Crippen LogP contribution in [-0.2, 0) is 11.2 Å². The van der Waals surface area contributed by atoms with Gasteiger partial charge in [-0.25, -0.2) is 0 Å². The minimum absolute atomic E-state index is 0.0149. The molecule has 0 aliphatic rings. The fourth-order valence-corrected chi connectivity index (χ4v) is 3.02. The molecule has 0 bridgehead atoms. The first-order valence-electron chi connectivity index (χ1n) is 9.56. The van der Waals surface area contributed by atoms with Gasteiger partial charge in [0.2, 0.25) is 0 Å². The number of nitriles is 1. The fourth-order valence-electron chi connectivity index (χ4n) is 3.02. The Hall–Kier alpha value is -3.77. The minimum Gasteiger partial charge on any atom is -0.481 e. The number of benzene rings is 1. The van der Waals surface area contributed by atoms with Crippen molar-refractivity contribution in [1.82, 2.24) is 20.7 Å². The number of aromatic amines is 1. The van der Waals surface area contributed by atoms with Crippen LogP contribution in [0.4, 0.5) is 0 Å². The summed E-state index contributed by atoms with van der Waals surface area (Å²) in [4.78, 5) is 24.1. The van der Waals surface area contributed by atoms with Crippen molar-refractivity contribution in [2.75, 3.05) is 6.61 Å². The Morgan fingerprint density at radius 1 is 1.39 bits per heavy atom. The molecule has 1 heterocycles. The predicted molar refractivity (Wildman–Crippen MR) is 114 cm³/mol. The van der Waals surface area contributed by atoms with Crippen LogP contribution in [0.2, 0.25) is 0 Å². The number of carboxylic acids is 1. The fraction of sp³-hybridized carbons (Fsp3) is 0.318. The molecular formula is C22H25N5O4. The minimum atomic E-state index is -1.42. The quantitative estimate of drug-likeness (QED) is 0.337. The zero-order valence-corrected chi connectivity index (χ0v) is 17.4. The van der Waals surface area contributed by atoms with E-state index in [1.165, 1.54) is 13.1 Å². The Bertz CT molecular complexity index is 1010. The second kappa shape index (κ2) is 10.3. The first-order chi connectivity index (χ1) is 14.7. The van der Waals surface area contributed by atoms with E-state index in [2.05, 4.69) is 27.3 Å². The molecule has 1 amide bonds. The summed E-state index contributed by atoms with van der Waals surface area (Å²) in [7, 11) is 0. The Labute approximate surface area is 180 Å². The molecule has 2 atom stereocenters. The molecule has 1 aromatic heterocycles. The normalized spacial score (nSPS) is 14.2. The number of aromatic nitrogens is 3. The summed E-state index contributed by atoms with van der Waals surface area (Å²) in [5.74, 6) is -1.64. The molecule has 1 aromatic carbocycles. The molecule has 0 saturated carbocycles. The van der Waals surface area contributed by atoms with E-state index in [4.69, 9.17) is 5.26 Å². The number of hydrogen-bond acceptors (Lipinski definition) is 6. The van der Waals surface area contributed by atoms with Gasteiger partial charge in [0.15, 0.2) is 5.69 Å². The number of carboxylic acid groups (broad SMARTS) is 1. The van der Waals surface area contributed by atoms with E-state index < -0.39 is 29.9 Å². The van der Waals surface area contributed by atoms with E-state index in [-0.39, 0.29) is 12.1 Å². The number of nitrogens with one attached hydrogen (secondary N) is 2. The number of aliphatic hydroxyl groups excluding tert-OH is 1. The van der Waals surface area contributed by atoms with Gasteiger partial charge in [0.05, 0.1) is 24.3 Å². The number of aliphatic carboxylic acids is 1. The van der Waals surface area contributed by atoms with Gasteiger partial charge in [-0.05, 0) is 49.5 Å². The van der Waals surface area contributed by atoms with Gasteiger partial charge in [-0.1, -0.05) is 30.8 Å². The molecule has 2 aromatic rings. The lowest BCUT2D eigenvalue weighted by Crippen LogP contribution is -2.44. The maximum absolute atomic E-state index is 12.4. The highest BCUT2D eigenvalue weighted by Crippen LogP contribution is 2.25. The second-order valence-corrected chi connectivity index (χ2v) is 7.62. The van der Waals surface area contributed by atoms with Crippen molar-refractivity contribution in [3.63, 3.8) is 0 Å². The highest BCUT2D eigenvalue weighted by atomic mass is 16.4. The Kier molecular flexibility index (Phi) is 7.82. The largest absolute Gasteiger partial charge is 0.481 e. The van der Waals surface area contributed by atoms with Crippen molar-refractivity contribution in [3.05, 3.63) is 65.5 Å². The number of aliphatic hydroxyl groups is 1. The van der Waals surface area contributed by atoms with Crippen LogP contribution >= 0.6 is 0 Å². The molecule has 9 heteroatoms. The lowest BCUT2D eigenvalue weighted by Gasteiger charge is -2.28. The van der Waals surface area contributed by atoms with E-state index in [0.717, 1.165) is 11.1 Å². The van der Waals surface area contributed by atoms with E-state index in [1.54, 1.807) is 13.0 Å². The summed E-state index contributed by atoms with van der Waals surface area (Å²) in [6.45, 7) is 6.52. The summed E-state index contributed by atoms with van der Waals surface area (Å²) >= 11 is 0. The van der Waals surface area contributed by atoms with Crippen molar-refractivity contribution in [3.8, 4) is 6.07 Å². The summed E-state index contributed by atoms with van der Waals surface area (Å²) in [6, 6.07) is 8.86. The number of allylic oxidation sites excluding steroid dienone is 3. The maximum atomic E-state index is 12.4. The van der Waals surface area contributed by atoms with Crippen molar-refractivity contribution in [1.29, 1.82) is 5.26 Å². The molecule has 0 aliphatic heterocycles. The van der Waals surface area contributed by atoms with Crippen molar-refractivity contribution in [2.24, 2.45) is 5.41 Å². The van der Waals surface area contributed by atoms with Gasteiger partial charge in [-0.15, -0.1) is 0 Å². The summed E-state index contributed by atoms with van der Waals surface area (Å²) in [5, 5.41) is 40.5. The number of rotatable bonds is 10. The van der Waals surface area contributed by atoms with Crippen LogP contribution < -0.4 is 5.32 Å². The van der Waals surface area contributed by atoms with E-state index in [9.17, 15) is 19.8 Å². The molecule has 4 N–H and O–H groups in total. The zero-order valence-electron chi connectivity index (χ0n) is 17.4. The van der Waals surface area contributed by atoms with Gasteiger partial charge >= 0.3 is 5.97 Å². The average Bonchev–Trinajstić information content (AvgIpc) is 3.28. The SMILES string of the molecule is C=C(C=C(C)C#N)c1ccc(CC(CC(C)(CO)C(=O)O)NC(=O)c2cn[nH]n2)cc1. The van der Waals surface area contributed by atoms with Gasteiger partial charge in [0.25, 0.3) is 5.91 Å². The topological polar surface area (TPSA) is 152 Å². The molecular weight excluding hydrogens is 398 g/mol. The van der Waals surface area contributed by atoms with Crippen molar-refractivity contribution >= 4 is 17.4 Å². The Morgan fingerprint density at radius 3 is 2.58 bits per heavy atom. The first-order valence-corrected chi connectivity index (χ1v) is 9.56. The number of nitrogens with zero attached hydrogens (tertiary/aromatic N) is 3. The average molecular weight is 423 g/mol. The van der Waals surface area contributed by atoms with Crippen LogP contribution in [-0.4, -0.2) is 50.1 Å². The number of carbonyl (C=O) groups excluding carboxylic acids is 1. The number of amides is 1. The predicted octanol–water partition coefficient (Wildman–Crippen LogP) is 2.10. The van der Waals surface area contributed by atoms with E-state index in [1.807, 2.05) is 30.3 Å². The van der Waals surface area contributed by atoms with Gasteiger partial charge in [-0.3, -0.25) is 9.59 Å². The van der Waals surface area contributed by atoms with Crippen LogP contribution in [0.15, 0.2) is 48.7 Å². The monoisotopic (exact) mass is 423 g/mol. The standard InChI is InChI=1S/C22H25N5O4/c1-14(11-23)8-15(2)17-6-4-16(5-7-17)9-18(10-22(3,13-28)21(30)31)25-20(29)19-12-24-27-26-19/h4-8,12,18,28H,2,9-10,13H2,1,3H3,(H,25,29)(H,30,31)(H,24,26,27). The summed E-state index contributed by atoms with van der Waals surface area (Å²) in [6.07, 6.45) is 3.31. The lowest BCUT2D eigenvalue weighted by atomic mass is 9.82. The van der Waals surface area contributed by atoms with Crippen molar-refractivity contribution < 1.29 is 19.8 Å². The lowest BCUT2D eigenvalue weighted by molar-refractivity contribution is -0.151. The number of carbonyl (C=O) groups is 2. The van der Waals surface area contributed by atoms with Gasteiger partial charge in [0.1, 0.15) is 0 Å². The molecule has 2 unspecified atom stereocenters. The van der Waals surface area contributed by atoms with Crippen molar-refractivity contribution in [2.45, 2.75) is 32.7 Å². The van der Waals surface area contributed by atoms with Gasteiger partial charge in [-0.2, -0.15) is 20.7 Å².